The minimum atomic E-state index is -0.398. The highest BCUT2D eigenvalue weighted by molar-refractivity contribution is 5.19. The second-order valence-corrected chi connectivity index (χ2v) is 4.92. The van der Waals surface area contributed by atoms with Gasteiger partial charge in [0.1, 0.15) is 0 Å². The number of aliphatic hydroxyl groups is 1. The van der Waals surface area contributed by atoms with Crippen molar-refractivity contribution in [1.29, 1.82) is 0 Å². The van der Waals surface area contributed by atoms with E-state index in [4.69, 9.17) is 0 Å². The highest BCUT2D eigenvalue weighted by atomic mass is 16.3. The van der Waals surface area contributed by atoms with Crippen LogP contribution in [-0.2, 0) is 0 Å². The molecule has 0 bridgehead atoms. The topological polar surface area (TPSA) is 23.5 Å². The molecule has 3 unspecified atom stereocenters. The Morgan fingerprint density at radius 2 is 1.67 bits per heavy atom. The molecule has 2 nitrogen and oxygen atoms in total. The molecule has 1 aromatic rings. The van der Waals surface area contributed by atoms with Gasteiger partial charge in [-0.3, -0.25) is 4.90 Å². The van der Waals surface area contributed by atoms with Gasteiger partial charge in [0.05, 0.1) is 6.10 Å². The zero-order valence-electron chi connectivity index (χ0n) is 12.1. The van der Waals surface area contributed by atoms with Crippen molar-refractivity contribution in [2.45, 2.75) is 58.7 Å². The molecule has 0 aromatic heterocycles. The summed E-state index contributed by atoms with van der Waals surface area (Å²) in [6.45, 7) is 9.75. The first-order valence-corrected chi connectivity index (χ1v) is 7.14. The molecule has 1 rings (SSSR count). The number of hydrogen-bond acceptors (Lipinski definition) is 2. The first kappa shape index (κ1) is 15.2. The van der Waals surface area contributed by atoms with Gasteiger partial charge in [0.25, 0.3) is 0 Å². The van der Waals surface area contributed by atoms with Crippen LogP contribution in [0.3, 0.4) is 0 Å². The van der Waals surface area contributed by atoms with Crippen LogP contribution in [0.1, 0.15) is 52.2 Å². The molecule has 0 radical (unpaired) electrons. The first-order chi connectivity index (χ1) is 8.65. The highest BCUT2D eigenvalue weighted by Crippen LogP contribution is 2.25. The van der Waals surface area contributed by atoms with E-state index in [-0.39, 0.29) is 6.04 Å². The molecular weight excluding hydrogens is 222 g/mol. The van der Waals surface area contributed by atoms with Crippen molar-refractivity contribution in [2.75, 3.05) is 6.54 Å². The van der Waals surface area contributed by atoms with Crippen molar-refractivity contribution in [3.63, 3.8) is 0 Å². The van der Waals surface area contributed by atoms with E-state index in [9.17, 15) is 5.11 Å². The van der Waals surface area contributed by atoms with E-state index < -0.39 is 6.10 Å². The van der Waals surface area contributed by atoms with Gasteiger partial charge in [-0.2, -0.15) is 0 Å². The summed E-state index contributed by atoms with van der Waals surface area (Å²) in [6.07, 6.45) is 1.69. The molecule has 1 aromatic carbocycles. The lowest BCUT2D eigenvalue weighted by atomic mass is 9.97. The van der Waals surface area contributed by atoms with Crippen LogP contribution in [0, 0.1) is 0 Å². The van der Waals surface area contributed by atoms with E-state index in [1.807, 2.05) is 30.3 Å². The van der Waals surface area contributed by atoms with Crippen molar-refractivity contribution in [2.24, 2.45) is 0 Å². The zero-order chi connectivity index (χ0) is 13.5. The summed E-state index contributed by atoms with van der Waals surface area (Å²) in [5, 5.41) is 10.6. The van der Waals surface area contributed by atoms with Crippen molar-refractivity contribution >= 4 is 0 Å². The molecule has 0 aliphatic rings. The number of hydrogen-bond donors (Lipinski definition) is 1. The summed E-state index contributed by atoms with van der Waals surface area (Å²) < 4.78 is 0. The molecule has 1 N–H and O–H groups in total. The predicted molar refractivity (Wildman–Crippen MR) is 77.6 cm³/mol. The van der Waals surface area contributed by atoms with Gasteiger partial charge in [0, 0.05) is 12.1 Å². The molecule has 0 aliphatic heterocycles. The molecule has 0 fully saturated rings. The Hall–Kier alpha value is -0.860. The fourth-order valence-corrected chi connectivity index (χ4v) is 2.62. The van der Waals surface area contributed by atoms with Gasteiger partial charge >= 0.3 is 0 Å². The van der Waals surface area contributed by atoms with Crippen LogP contribution < -0.4 is 0 Å². The Kier molecular flexibility index (Phi) is 6.37. The van der Waals surface area contributed by atoms with Crippen LogP contribution in [-0.4, -0.2) is 28.6 Å². The Labute approximate surface area is 112 Å². The molecule has 0 amide bonds. The lowest BCUT2D eigenvalue weighted by molar-refractivity contribution is 0.0264. The second-order valence-electron chi connectivity index (χ2n) is 4.92. The standard InChI is InChI=1S/C16H27NO/c1-5-13(4)17(7-3)15(6-2)16(18)14-11-9-8-10-12-14/h8-13,15-16,18H,5-7H2,1-4H3. The van der Waals surface area contributed by atoms with E-state index in [2.05, 4.69) is 32.6 Å². The monoisotopic (exact) mass is 249 g/mol. The molecule has 0 saturated heterocycles. The van der Waals surface area contributed by atoms with E-state index in [0.29, 0.717) is 6.04 Å². The van der Waals surface area contributed by atoms with Gasteiger partial charge in [-0.05, 0) is 31.9 Å². The number of aliphatic hydroxyl groups excluding tert-OH is 1. The Morgan fingerprint density at radius 3 is 2.11 bits per heavy atom. The van der Waals surface area contributed by atoms with E-state index in [1.54, 1.807) is 0 Å². The fourth-order valence-electron chi connectivity index (χ4n) is 2.62. The number of benzene rings is 1. The van der Waals surface area contributed by atoms with Crippen LogP contribution in [0.4, 0.5) is 0 Å². The first-order valence-electron chi connectivity index (χ1n) is 7.14. The maximum atomic E-state index is 10.6. The summed E-state index contributed by atoms with van der Waals surface area (Å²) in [5.74, 6) is 0. The predicted octanol–water partition coefficient (Wildman–Crippen LogP) is 3.62. The normalized spacial score (nSPS) is 16.6. The Bertz CT molecular complexity index is 325. The number of likely N-dealkylation sites (N-methyl/N-ethyl adjacent to an activating group) is 1. The summed E-state index contributed by atoms with van der Waals surface area (Å²) in [7, 11) is 0. The van der Waals surface area contributed by atoms with Crippen LogP contribution in [0.25, 0.3) is 0 Å². The third-order valence-electron chi connectivity index (χ3n) is 3.87. The third kappa shape index (κ3) is 3.56. The van der Waals surface area contributed by atoms with Crippen molar-refractivity contribution in [3.05, 3.63) is 35.9 Å². The minimum absolute atomic E-state index is 0.201. The molecular formula is C16H27NO. The quantitative estimate of drug-likeness (QED) is 0.798. The summed E-state index contributed by atoms with van der Waals surface area (Å²) >= 11 is 0. The summed E-state index contributed by atoms with van der Waals surface area (Å²) in [4.78, 5) is 2.41. The van der Waals surface area contributed by atoms with Crippen LogP contribution in [0.5, 0.6) is 0 Å². The lowest BCUT2D eigenvalue weighted by Crippen LogP contribution is -2.44. The molecule has 102 valence electrons. The SMILES string of the molecule is CCC(C)N(CC)C(CC)C(O)c1ccccc1. The second kappa shape index (κ2) is 7.55. The van der Waals surface area contributed by atoms with Crippen molar-refractivity contribution in [3.8, 4) is 0 Å². The van der Waals surface area contributed by atoms with Crippen molar-refractivity contribution in [1.82, 2.24) is 4.90 Å². The van der Waals surface area contributed by atoms with E-state index >= 15 is 0 Å². The van der Waals surface area contributed by atoms with Crippen LogP contribution in [0.15, 0.2) is 30.3 Å². The smallest absolute Gasteiger partial charge is 0.0945 e. The van der Waals surface area contributed by atoms with Gasteiger partial charge < -0.3 is 5.11 Å². The molecule has 0 saturated carbocycles. The van der Waals surface area contributed by atoms with Gasteiger partial charge in [-0.1, -0.05) is 51.1 Å². The van der Waals surface area contributed by atoms with Gasteiger partial charge in [0.15, 0.2) is 0 Å². The molecule has 0 spiro atoms. The zero-order valence-corrected chi connectivity index (χ0v) is 12.1. The highest BCUT2D eigenvalue weighted by Gasteiger charge is 2.27. The van der Waals surface area contributed by atoms with Gasteiger partial charge in [0.2, 0.25) is 0 Å². The molecule has 0 aliphatic carbocycles. The molecule has 18 heavy (non-hydrogen) atoms. The van der Waals surface area contributed by atoms with Crippen LogP contribution >= 0.6 is 0 Å². The van der Waals surface area contributed by atoms with E-state index in [1.165, 1.54) is 0 Å². The average Bonchev–Trinajstić information content (AvgIpc) is 2.44. The van der Waals surface area contributed by atoms with E-state index in [0.717, 1.165) is 24.9 Å². The summed E-state index contributed by atoms with van der Waals surface area (Å²) in [6, 6.07) is 10.7. The average molecular weight is 249 g/mol. The number of nitrogens with zero attached hydrogens (tertiary/aromatic N) is 1. The fraction of sp³-hybridized carbons (Fsp3) is 0.625. The van der Waals surface area contributed by atoms with Crippen LogP contribution in [0.2, 0.25) is 0 Å². The third-order valence-corrected chi connectivity index (χ3v) is 3.87. The minimum Gasteiger partial charge on any atom is -0.387 e. The Balaban J connectivity index is 2.87. The lowest BCUT2D eigenvalue weighted by Gasteiger charge is -2.37. The molecule has 0 heterocycles. The molecule has 3 atom stereocenters. The van der Waals surface area contributed by atoms with Gasteiger partial charge in [-0.15, -0.1) is 0 Å². The van der Waals surface area contributed by atoms with Crippen molar-refractivity contribution < 1.29 is 5.11 Å². The van der Waals surface area contributed by atoms with Gasteiger partial charge in [-0.25, -0.2) is 0 Å². The summed E-state index contributed by atoms with van der Waals surface area (Å²) in [5.41, 5.74) is 1.02. The Morgan fingerprint density at radius 1 is 1.06 bits per heavy atom. The number of rotatable bonds is 7. The maximum Gasteiger partial charge on any atom is 0.0945 e. The maximum absolute atomic E-state index is 10.6. The largest absolute Gasteiger partial charge is 0.387 e. The molecule has 2 heteroatoms.